The van der Waals surface area contributed by atoms with Crippen LogP contribution in [-0.4, -0.2) is 32.7 Å². The van der Waals surface area contributed by atoms with Gasteiger partial charge in [-0.05, 0) is 31.2 Å². The van der Waals surface area contributed by atoms with Crippen LogP contribution in [0.5, 0.6) is 5.75 Å². The first kappa shape index (κ1) is 16.7. The van der Waals surface area contributed by atoms with E-state index < -0.39 is 0 Å². The minimum atomic E-state index is -0.0674. The summed E-state index contributed by atoms with van der Waals surface area (Å²) in [7, 11) is 1.59. The second kappa shape index (κ2) is 9.74. The zero-order valence-corrected chi connectivity index (χ0v) is 11.7. The quantitative estimate of drug-likeness (QED) is 0.745. The van der Waals surface area contributed by atoms with Crippen molar-refractivity contribution in [3.05, 3.63) is 29.8 Å². The van der Waals surface area contributed by atoms with Crippen LogP contribution in [-0.2, 0) is 0 Å². The molecule has 0 bridgehead atoms. The Morgan fingerprint density at radius 1 is 1.28 bits per heavy atom. The number of nitrogens with one attached hydrogen (secondary N) is 2. The van der Waals surface area contributed by atoms with Gasteiger partial charge in [-0.3, -0.25) is 4.79 Å². The van der Waals surface area contributed by atoms with Gasteiger partial charge in [-0.25, -0.2) is 0 Å². The van der Waals surface area contributed by atoms with E-state index in [1.54, 1.807) is 19.2 Å². The molecule has 0 aliphatic carbocycles. The van der Waals surface area contributed by atoms with Crippen LogP contribution in [0.2, 0.25) is 0 Å². The van der Waals surface area contributed by atoms with E-state index in [0.717, 1.165) is 19.5 Å². The summed E-state index contributed by atoms with van der Waals surface area (Å²) >= 11 is 0. The number of benzene rings is 1. The Kier molecular flexibility index (Phi) is 9.06. The smallest absolute Gasteiger partial charge is 0.251 e. The summed E-state index contributed by atoms with van der Waals surface area (Å²) in [5, 5.41) is 6.08. The molecule has 0 spiro atoms. The van der Waals surface area contributed by atoms with Gasteiger partial charge in [0.25, 0.3) is 5.91 Å². The van der Waals surface area contributed by atoms with Crippen LogP contribution in [0.3, 0.4) is 0 Å². The lowest BCUT2D eigenvalue weighted by molar-refractivity contribution is 0.0953. The average molecular weight is 273 g/mol. The maximum atomic E-state index is 11.8. The average Bonchev–Trinajstić information content (AvgIpc) is 2.38. The van der Waals surface area contributed by atoms with E-state index in [2.05, 4.69) is 17.6 Å². The molecular weight excluding hydrogens is 252 g/mol. The molecule has 0 atom stereocenters. The van der Waals surface area contributed by atoms with Gasteiger partial charge in [-0.15, -0.1) is 12.4 Å². The second-order valence-electron chi connectivity index (χ2n) is 3.74. The van der Waals surface area contributed by atoms with Gasteiger partial charge in [-0.2, -0.15) is 0 Å². The van der Waals surface area contributed by atoms with Gasteiger partial charge in [0.15, 0.2) is 0 Å². The van der Waals surface area contributed by atoms with E-state index in [1.807, 2.05) is 12.1 Å². The molecule has 0 aliphatic heterocycles. The first-order chi connectivity index (χ1) is 8.27. The summed E-state index contributed by atoms with van der Waals surface area (Å²) in [5.74, 6) is 0.629. The summed E-state index contributed by atoms with van der Waals surface area (Å²) in [5.41, 5.74) is 0.625. The van der Waals surface area contributed by atoms with Crippen LogP contribution < -0.4 is 15.4 Å². The van der Waals surface area contributed by atoms with Crippen LogP contribution in [0.25, 0.3) is 0 Å². The number of rotatable bonds is 7. The number of hydrogen-bond donors (Lipinski definition) is 2. The molecule has 1 aromatic rings. The lowest BCUT2D eigenvalue weighted by Gasteiger charge is -2.07. The van der Waals surface area contributed by atoms with E-state index >= 15 is 0 Å². The first-order valence-electron chi connectivity index (χ1n) is 5.91. The molecule has 1 rings (SSSR count). The minimum absolute atomic E-state index is 0. The van der Waals surface area contributed by atoms with Crippen LogP contribution in [0.4, 0.5) is 0 Å². The Labute approximate surface area is 115 Å². The first-order valence-corrected chi connectivity index (χ1v) is 5.91. The SMILES string of the molecule is CCCNCCNC(=O)c1cccc(OC)c1.Cl. The summed E-state index contributed by atoms with van der Waals surface area (Å²) in [6.45, 7) is 4.52. The van der Waals surface area contributed by atoms with Crippen LogP contribution in [0.15, 0.2) is 24.3 Å². The summed E-state index contributed by atoms with van der Waals surface area (Å²) < 4.78 is 5.07. The molecule has 0 aliphatic rings. The maximum absolute atomic E-state index is 11.8. The van der Waals surface area contributed by atoms with Crippen LogP contribution in [0, 0.1) is 0 Å². The molecule has 1 amide bonds. The molecule has 5 heteroatoms. The Morgan fingerprint density at radius 2 is 2.06 bits per heavy atom. The standard InChI is InChI=1S/C13H20N2O2.ClH/c1-3-7-14-8-9-15-13(16)11-5-4-6-12(10-11)17-2;/h4-6,10,14H,3,7-9H2,1-2H3,(H,15,16);1H. The van der Waals surface area contributed by atoms with Gasteiger partial charge in [0, 0.05) is 18.7 Å². The van der Waals surface area contributed by atoms with Gasteiger partial charge in [0.1, 0.15) is 5.75 Å². The fraction of sp³-hybridized carbons (Fsp3) is 0.462. The number of carbonyl (C=O) groups is 1. The van der Waals surface area contributed by atoms with Crippen molar-refractivity contribution >= 4 is 18.3 Å². The fourth-order valence-corrected chi connectivity index (χ4v) is 1.43. The lowest BCUT2D eigenvalue weighted by atomic mass is 10.2. The third kappa shape index (κ3) is 5.89. The molecule has 0 fully saturated rings. The van der Waals surface area contributed by atoms with E-state index in [-0.39, 0.29) is 18.3 Å². The molecule has 18 heavy (non-hydrogen) atoms. The highest BCUT2D eigenvalue weighted by Gasteiger charge is 2.05. The Hall–Kier alpha value is -1.26. The van der Waals surface area contributed by atoms with Crippen molar-refractivity contribution in [1.29, 1.82) is 0 Å². The monoisotopic (exact) mass is 272 g/mol. The number of hydrogen-bond acceptors (Lipinski definition) is 3. The summed E-state index contributed by atoms with van der Waals surface area (Å²) in [6, 6.07) is 7.13. The number of amides is 1. The van der Waals surface area contributed by atoms with E-state index in [4.69, 9.17) is 4.74 Å². The zero-order valence-electron chi connectivity index (χ0n) is 10.9. The largest absolute Gasteiger partial charge is 0.497 e. The Morgan fingerprint density at radius 3 is 2.72 bits per heavy atom. The molecule has 0 radical (unpaired) electrons. The van der Waals surface area contributed by atoms with Crippen molar-refractivity contribution < 1.29 is 9.53 Å². The van der Waals surface area contributed by atoms with Crippen molar-refractivity contribution in [3.8, 4) is 5.75 Å². The predicted octanol–water partition coefficient (Wildman–Crippen LogP) is 1.85. The summed E-state index contributed by atoms with van der Waals surface area (Å²) in [6.07, 6.45) is 1.10. The number of halogens is 1. The maximum Gasteiger partial charge on any atom is 0.251 e. The highest BCUT2D eigenvalue weighted by Crippen LogP contribution is 2.11. The van der Waals surface area contributed by atoms with Crippen molar-refractivity contribution in [2.24, 2.45) is 0 Å². The third-order valence-corrected chi connectivity index (χ3v) is 2.35. The minimum Gasteiger partial charge on any atom is -0.497 e. The highest BCUT2D eigenvalue weighted by molar-refractivity contribution is 5.94. The number of ether oxygens (including phenoxy) is 1. The molecular formula is C13H21ClN2O2. The van der Waals surface area contributed by atoms with Gasteiger partial charge < -0.3 is 15.4 Å². The zero-order chi connectivity index (χ0) is 12.5. The third-order valence-electron chi connectivity index (χ3n) is 2.35. The van der Waals surface area contributed by atoms with Crippen molar-refractivity contribution in [2.45, 2.75) is 13.3 Å². The fourth-order valence-electron chi connectivity index (χ4n) is 1.43. The molecule has 0 saturated heterocycles. The van der Waals surface area contributed by atoms with Crippen molar-refractivity contribution in [2.75, 3.05) is 26.7 Å². The second-order valence-corrected chi connectivity index (χ2v) is 3.74. The molecule has 2 N–H and O–H groups in total. The van der Waals surface area contributed by atoms with E-state index in [0.29, 0.717) is 17.9 Å². The number of carbonyl (C=O) groups excluding carboxylic acids is 1. The molecule has 102 valence electrons. The van der Waals surface area contributed by atoms with Gasteiger partial charge in [0.2, 0.25) is 0 Å². The Bertz CT molecular complexity index is 359. The summed E-state index contributed by atoms with van der Waals surface area (Å²) in [4.78, 5) is 11.8. The molecule has 4 nitrogen and oxygen atoms in total. The molecule has 0 aromatic heterocycles. The van der Waals surface area contributed by atoms with Crippen molar-refractivity contribution in [1.82, 2.24) is 10.6 Å². The topological polar surface area (TPSA) is 50.4 Å². The van der Waals surface area contributed by atoms with E-state index in [9.17, 15) is 4.79 Å². The number of methoxy groups -OCH3 is 1. The van der Waals surface area contributed by atoms with Crippen molar-refractivity contribution in [3.63, 3.8) is 0 Å². The normalized spacial score (nSPS) is 9.44. The van der Waals surface area contributed by atoms with Gasteiger partial charge in [0.05, 0.1) is 7.11 Å². The van der Waals surface area contributed by atoms with E-state index in [1.165, 1.54) is 0 Å². The van der Waals surface area contributed by atoms with Gasteiger partial charge in [-0.1, -0.05) is 13.0 Å². The van der Waals surface area contributed by atoms with Crippen LogP contribution in [0.1, 0.15) is 23.7 Å². The predicted molar refractivity (Wildman–Crippen MR) is 75.7 cm³/mol. The highest BCUT2D eigenvalue weighted by atomic mass is 35.5. The lowest BCUT2D eigenvalue weighted by Crippen LogP contribution is -2.32. The molecule has 1 aromatic carbocycles. The Balaban J connectivity index is 0.00000289. The molecule has 0 saturated carbocycles. The van der Waals surface area contributed by atoms with Gasteiger partial charge >= 0.3 is 0 Å². The van der Waals surface area contributed by atoms with Crippen LogP contribution >= 0.6 is 12.4 Å². The molecule has 0 heterocycles. The molecule has 0 unspecified atom stereocenters.